The minimum Gasteiger partial charge on any atom is -0.346 e. The summed E-state index contributed by atoms with van der Waals surface area (Å²) in [7, 11) is 0. The maximum Gasteiger partial charge on any atom is 0.254 e. The number of carbonyl (C=O) groups excluding carboxylic acids is 2. The molecule has 0 atom stereocenters. The minimum atomic E-state index is -0.105. The van der Waals surface area contributed by atoms with Crippen LogP contribution in [0, 0.1) is 0 Å². The van der Waals surface area contributed by atoms with Gasteiger partial charge in [-0.05, 0) is 42.3 Å². The number of fused-ring (bicyclic) bond motifs is 1. The predicted molar refractivity (Wildman–Crippen MR) is 127 cm³/mol. The van der Waals surface area contributed by atoms with Crippen LogP contribution in [-0.2, 0) is 11.3 Å². The van der Waals surface area contributed by atoms with Crippen LogP contribution in [0.5, 0.6) is 0 Å². The van der Waals surface area contributed by atoms with Gasteiger partial charge in [0.2, 0.25) is 5.91 Å². The number of nitrogens with one attached hydrogen (secondary N) is 2. The Balaban J connectivity index is 1.22. The normalized spacial score (nSPS) is 13.7. The van der Waals surface area contributed by atoms with Gasteiger partial charge in [0.25, 0.3) is 5.91 Å². The van der Waals surface area contributed by atoms with Crippen molar-refractivity contribution in [1.82, 2.24) is 24.4 Å². The average Bonchev–Trinajstić information content (AvgIpc) is 3.53. The van der Waals surface area contributed by atoms with E-state index in [1.807, 2.05) is 27.9 Å². The average molecular weight is 441 g/mol. The SMILES string of the molecule is O=C(CCn1ccnc1)Nc1cccc(C(=O)N2CC=C(c3c[nH]c4ncccc34)CC2)c1. The molecule has 1 aliphatic heterocycles. The van der Waals surface area contributed by atoms with Crippen molar-refractivity contribution in [3.05, 3.63) is 84.7 Å². The van der Waals surface area contributed by atoms with Crippen LogP contribution in [0.25, 0.3) is 16.6 Å². The molecule has 166 valence electrons. The molecule has 2 N–H and O–H groups in total. The van der Waals surface area contributed by atoms with Gasteiger partial charge < -0.3 is 19.8 Å². The zero-order valence-electron chi connectivity index (χ0n) is 18.1. The molecular weight excluding hydrogens is 416 g/mol. The lowest BCUT2D eigenvalue weighted by molar-refractivity contribution is -0.116. The van der Waals surface area contributed by atoms with Crippen LogP contribution in [0.3, 0.4) is 0 Å². The van der Waals surface area contributed by atoms with Crippen LogP contribution in [0.15, 0.2) is 73.6 Å². The highest BCUT2D eigenvalue weighted by molar-refractivity contribution is 5.98. The van der Waals surface area contributed by atoms with Gasteiger partial charge in [0.15, 0.2) is 0 Å². The second kappa shape index (κ2) is 9.12. The molecule has 1 aromatic carbocycles. The molecule has 8 heteroatoms. The van der Waals surface area contributed by atoms with Crippen molar-refractivity contribution in [2.24, 2.45) is 0 Å². The number of aryl methyl sites for hydroxylation is 1. The number of benzene rings is 1. The molecule has 3 aromatic heterocycles. The van der Waals surface area contributed by atoms with Crippen LogP contribution in [0.2, 0.25) is 0 Å². The number of H-pyrrole nitrogens is 1. The van der Waals surface area contributed by atoms with Gasteiger partial charge in [-0.15, -0.1) is 0 Å². The maximum atomic E-state index is 13.1. The molecule has 0 saturated carbocycles. The van der Waals surface area contributed by atoms with E-state index in [9.17, 15) is 9.59 Å². The number of hydrogen-bond donors (Lipinski definition) is 2. The van der Waals surface area contributed by atoms with E-state index in [2.05, 4.69) is 32.4 Å². The number of rotatable bonds is 6. The van der Waals surface area contributed by atoms with Crippen molar-refractivity contribution in [1.29, 1.82) is 0 Å². The Labute approximate surface area is 191 Å². The molecule has 0 saturated heterocycles. The summed E-state index contributed by atoms with van der Waals surface area (Å²) in [6.45, 7) is 1.74. The number of nitrogens with zero attached hydrogens (tertiary/aromatic N) is 4. The molecule has 0 bridgehead atoms. The van der Waals surface area contributed by atoms with Gasteiger partial charge in [-0.25, -0.2) is 9.97 Å². The van der Waals surface area contributed by atoms with Crippen LogP contribution >= 0.6 is 0 Å². The van der Waals surface area contributed by atoms with Gasteiger partial charge in [-0.3, -0.25) is 9.59 Å². The second-order valence-electron chi connectivity index (χ2n) is 8.01. The monoisotopic (exact) mass is 440 g/mol. The van der Waals surface area contributed by atoms with Gasteiger partial charge in [-0.2, -0.15) is 0 Å². The summed E-state index contributed by atoms with van der Waals surface area (Å²) in [6, 6.07) is 11.1. The van der Waals surface area contributed by atoms with E-state index in [4.69, 9.17) is 0 Å². The first kappa shape index (κ1) is 20.7. The van der Waals surface area contributed by atoms with Gasteiger partial charge >= 0.3 is 0 Å². The topological polar surface area (TPSA) is 95.9 Å². The molecule has 5 rings (SSSR count). The van der Waals surface area contributed by atoms with E-state index >= 15 is 0 Å². The Morgan fingerprint density at radius 2 is 2.09 bits per heavy atom. The number of carbonyl (C=O) groups is 2. The van der Waals surface area contributed by atoms with Crippen LogP contribution in [0.1, 0.15) is 28.8 Å². The Morgan fingerprint density at radius 3 is 2.91 bits per heavy atom. The largest absolute Gasteiger partial charge is 0.346 e. The van der Waals surface area contributed by atoms with Crippen molar-refractivity contribution < 1.29 is 9.59 Å². The van der Waals surface area contributed by atoms with E-state index < -0.39 is 0 Å². The summed E-state index contributed by atoms with van der Waals surface area (Å²) >= 11 is 0. The van der Waals surface area contributed by atoms with Crippen molar-refractivity contribution in [3.8, 4) is 0 Å². The number of amides is 2. The zero-order valence-corrected chi connectivity index (χ0v) is 18.1. The number of pyridine rings is 1. The Bertz CT molecular complexity index is 1320. The van der Waals surface area contributed by atoms with Gasteiger partial charge in [0.1, 0.15) is 5.65 Å². The summed E-state index contributed by atoms with van der Waals surface area (Å²) in [5.41, 5.74) is 4.42. The molecule has 0 spiro atoms. The van der Waals surface area contributed by atoms with Crippen molar-refractivity contribution in [2.75, 3.05) is 18.4 Å². The highest BCUT2D eigenvalue weighted by Crippen LogP contribution is 2.29. The number of imidazole rings is 1. The second-order valence-corrected chi connectivity index (χ2v) is 8.01. The molecule has 4 aromatic rings. The van der Waals surface area contributed by atoms with E-state index in [1.54, 1.807) is 43.0 Å². The third-order valence-corrected chi connectivity index (χ3v) is 5.84. The molecule has 2 amide bonds. The third-order valence-electron chi connectivity index (χ3n) is 5.84. The third kappa shape index (κ3) is 4.55. The molecule has 0 radical (unpaired) electrons. The van der Waals surface area contributed by atoms with Crippen LogP contribution < -0.4 is 5.32 Å². The molecular formula is C25H24N6O2. The molecule has 0 aliphatic carbocycles. The van der Waals surface area contributed by atoms with Crippen molar-refractivity contribution >= 4 is 34.1 Å². The highest BCUT2D eigenvalue weighted by Gasteiger charge is 2.21. The van der Waals surface area contributed by atoms with Crippen molar-refractivity contribution in [3.63, 3.8) is 0 Å². The Kier molecular flexibility index (Phi) is 5.72. The molecule has 0 unspecified atom stereocenters. The molecule has 1 aliphatic rings. The minimum absolute atomic E-state index is 0.0413. The molecule has 8 nitrogen and oxygen atoms in total. The fraction of sp³-hybridized carbons (Fsp3) is 0.200. The van der Waals surface area contributed by atoms with Crippen LogP contribution in [0.4, 0.5) is 5.69 Å². The first-order valence-electron chi connectivity index (χ1n) is 10.9. The Morgan fingerprint density at radius 1 is 1.15 bits per heavy atom. The standard InChI is InChI=1S/C25H24N6O2/c32-23(8-11-30-14-10-26-17-30)29-20-4-1-3-19(15-20)25(33)31-12-6-18(7-13-31)22-16-28-24-21(22)5-2-9-27-24/h1-6,9-10,14-17H,7-8,11-13H2,(H,27,28)(H,29,32). The van der Waals surface area contributed by atoms with E-state index in [0.717, 1.165) is 23.0 Å². The first-order chi connectivity index (χ1) is 16.2. The number of aromatic nitrogens is 4. The summed E-state index contributed by atoms with van der Waals surface area (Å²) in [6.07, 6.45) is 12.2. The molecule has 33 heavy (non-hydrogen) atoms. The number of aromatic amines is 1. The first-order valence-corrected chi connectivity index (χ1v) is 10.9. The smallest absolute Gasteiger partial charge is 0.254 e. The lowest BCUT2D eigenvalue weighted by atomic mass is 9.99. The summed E-state index contributed by atoms with van der Waals surface area (Å²) in [4.78, 5) is 38.7. The number of hydrogen-bond acceptors (Lipinski definition) is 4. The molecule has 0 fully saturated rings. The number of anilines is 1. The fourth-order valence-electron chi connectivity index (χ4n) is 4.11. The fourth-order valence-corrected chi connectivity index (χ4v) is 4.11. The molecule has 4 heterocycles. The zero-order chi connectivity index (χ0) is 22.6. The summed E-state index contributed by atoms with van der Waals surface area (Å²) in [5.74, 6) is -0.146. The highest BCUT2D eigenvalue weighted by atomic mass is 16.2. The Hall–Kier alpha value is -4.20. The van der Waals surface area contributed by atoms with Crippen LogP contribution in [-0.4, -0.2) is 49.3 Å². The van der Waals surface area contributed by atoms with E-state index in [-0.39, 0.29) is 11.8 Å². The van der Waals surface area contributed by atoms with E-state index in [0.29, 0.717) is 37.3 Å². The lowest BCUT2D eigenvalue weighted by Gasteiger charge is -2.26. The maximum absolute atomic E-state index is 13.1. The lowest BCUT2D eigenvalue weighted by Crippen LogP contribution is -2.34. The van der Waals surface area contributed by atoms with Crippen molar-refractivity contribution in [2.45, 2.75) is 19.4 Å². The van der Waals surface area contributed by atoms with Gasteiger partial charge in [0.05, 0.1) is 6.33 Å². The quantitative estimate of drug-likeness (QED) is 0.478. The summed E-state index contributed by atoms with van der Waals surface area (Å²) < 4.78 is 1.85. The predicted octanol–water partition coefficient (Wildman–Crippen LogP) is 3.72. The van der Waals surface area contributed by atoms with Gasteiger partial charge in [0, 0.05) is 73.0 Å². The summed E-state index contributed by atoms with van der Waals surface area (Å²) in [5, 5.41) is 3.98. The van der Waals surface area contributed by atoms with Gasteiger partial charge in [-0.1, -0.05) is 12.1 Å². The van der Waals surface area contributed by atoms with E-state index in [1.165, 1.54) is 5.57 Å².